The zero-order valence-corrected chi connectivity index (χ0v) is 17.6. The zero-order chi connectivity index (χ0) is 21.0. The largest absolute Gasteiger partial charge is 0.493 e. The average molecular weight is 455 g/mol. The molecule has 0 atom stereocenters. The molecule has 0 bridgehead atoms. The van der Waals surface area contributed by atoms with E-state index >= 15 is 0 Å². The maximum Gasteiger partial charge on any atom is 0.329 e. The van der Waals surface area contributed by atoms with Crippen LogP contribution < -0.4 is 14.8 Å². The average Bonchev–Trinajstić information content (AvgIpc) is 2.97. The number of nitrogens with one attached hydrogen (secondary N) is 1. The van der Waals surface area contributed by atoms with Gasteiger partial charge in [-0.25, -0.2) is 4.79 Å². The van der Waals surface area contributed by atoms with Gasteiger partial charge < -0.3 is 14.8 Å². The molecule has 1 fully saturated rings. The lowest BCUT2D eigenvalue weighted by molar-refractivity contribution is -0.123. The smallest absolute Gasteiger partial charge is 0.329 e. The van der Waals surface area contributed by atoms with Crippen molar-refractivity contribution in [3.63, 3.8) is 0 Å². The van der Waals surface area contributed by atoms with E-state index in [4.69, 9.17) is 15.9 Å². The number of aryl methyl sites for hydroxylation is 1. The van der Waals surface area contributed by atoms with Crippen LogP contribution in [-0.4, -0.2) is 30.6 Å². The van der Waals surface area contributed by atoms with E-state index in [1.54, 1.807) is 18.2 Å². The van der Waals surface area contributed by atoms with Crippen molar-refractivity contribution in [3.05, 3.63) is 63.3 Å². The Bertz CT molecular complexity index is 1020. The second-order valence-corrected chi connectivity index (χ2v) is 7.24. The third-order valence-electron chi connectivity index (χ3n) is 4.32. The van der Waals surface area contributed by atoms with Crippen molar-refractivity contribution >= 4 is 33.9 Å². The Labute approximate surface area is 177 Å². The van der Waals surface area contributed by atoms with E-state index in [9.17, 15) is 9.59 Å². The summed E-state index contributed by atoms with van der Waals surface area (Å²) in [6, 6.07) is 10.6. The van der Waals surface area contributed by atoms with Crippen LogP contribution in [0.4, 0.5) is 4.79 Å². The number of amides is 3. The SMILES string of the molecule is C#CCOc1cc(Br)c(/C=C2/NC(=O)N(Cc3ccc(C)cc3)C2=O)cc1OC. The van der Waals surface area contributed by atoms with Gasteiger partial charge in [0.25, 0.3) is 5.91 Å². The molecule has 2 aromatic rings. The highest BCUT2D eigenvalue weighted by Gasteiger charge is 2.33. The maximum atomic E-state index is 12.7. The van der Waals surface area contributed by atoms with E-state index in [2.05, 4.69) is 27.2 Å². The molecule has 0 spiro atoms. The molecule has 1 aliphatic heterocycles. The van der Waals surface area contributed by atoms with Gasteiger partial charge in [0.1, 0.15) is 12.3 Å². The Morgan fingerprint density at radius 2 is 1.93 bits per heavy atom. The predicted octanol–water partition coefficient (Wildman–Crippen LogP) is 3.87. The van der Waals surface area contributed by atoms with Crippen molar-refractivity contribution in [1.29, 1.82) is 0 Å². The van der Waals surface area contributed by atoms with Crippen LogP contribution in [-0.2, 0) is 11.3 Å². The topological polar surface area (TPSA) is 67.9 Å². The van der Waals surface area contributed by atoms with Crippen molar-refractivity contribution in [2.24, 2.45) is 0 Å². The number of halogens is 1. The highest BCUT2D eigenvalue weighted by atomic mass is 79.9. The van der Waals surface area contributed by atoms with E-state index in [1.807, 2.05) is 31.2 Å². The summed E-state index contributed by atoms with van der Waals surface area (Å²) < 4.78 is 11.5. The van der Waals surface area contributed by atoms with Crippen molar-refractivity contribution < 1.29 is 19.1 Å². The highest BCUT2D eigenvalue weighted by molar-refractivity contribution is 9.10. The first-order valence-electron chi connectivity index (χ1n) is 8.77. The molecule has 3 amide bonds. The molecule has 0 unspecified atom stereocenters. The Balaban J connectivity index is 1.85. The maximum absolute atomic E-state index is 12.7. The van der Waals surface area contributed by atoms with Crippen LogP contribution in [0, 0.1) is 19.3 Å². The van der Waals surface area contributed by atoms with Gasteiger partial charge in [0, 0.05) is 4.47 Å². The summed E-state index contributed by atoms with van der Waals surface area (Å²) in [6.07, 6.45) is 6.82. The third-order valence-corrected chi connectivity index (χ3v) is 5.00. The first-order valence-corrected chi connectivity index (χ1v) is 9.56. The lowest BCUT2D eigenvalue weighted by Gasteiger charge is -2.12. The number of carbonyl (C=O) groups is 2. The summed E-state index contributed by atoms with van der Waals surface area (Å²) in [5, 5.41) is 2.63. The molecule has 29 heavy (non-hydrogen) atoms. The minimum atomic E-state index is -0.459. The van der Waals surface area contributed by atoms with E-state index in [0.29, 0.717) is 21.5 Å². The van der Waals surface area contributed by atoms with Gasteiger partial charge in [0.05, 0.1) is 13.7 Å². The van der Waals surface area contributed by atoms with Crippen LogP contribution in [0.25, 0.3) is 6.08 Å². The van der Waals surface area contributed by atoms with Crippen molar-refractivity contribution in [1.82, 2.24) is 10.2 Å². The molecule has 1 N–H and O–H groups in total. The van der Waals surface area contributed by atoms with E-state index < -0.39 is 11.9 Å². The lowest BCUT2D eigenvalue weighted by atomic mass is 10.1. The molecule has 1 saturated heterocycles. The Morgan fingerprint density at radius 1 is 1.21 bits per heavy atom. The van der Waals surface area contributed by atoms with Gasteiger partial charge in [-0.3, -0.25) is 9.69 Å². The van der Waals surface area contributed by atoms with Gasteiger partial charge >= 0.3 is 6.03 Å². The first kappa shape index (κ1) is 20.5. The van der Waals surface area contributed by atoms with Crippen LogP contribution in [0.2, 0.25) is 0 Å². The second-order valence-electron chi connectivity index (χ2n) is 6.38. The fraction of sp³-hybridized carbons (Fsp3) is 0.182. The standard InChI is InChI=1S/C22H19BrN2O4/c1-4-9-29-20-12-17(23)16(11-19(20)28-3)10-18-21(26)25(22(27)24-18)13-15-7-5-14(2)6-8-15/h1,5-8,10-12H,9,13H2,2-3H3,(H,24,27)/b18-10+. The number of hydrogen-bond acceptors (Lipinski definition) is 4. The summed E-state index contributed by atoms with van der Waals surface area (Å²) in [4.78, 5) is 26.2. The molecule has 2 aromatic carbocycles. The third kappa shape index (κ3) is 4.61. The summed E-state index contributed by atoms with van der Waals surface area (Å²) in [5.41, 5.74) is 2.82. The first-order chi connectivity index (χ1) is 13.9. The quantitative estimate of drug-likeness (QED) is 0.408. The predicted molar refractivity (Wildman–Crippen MR) is 113 cm³/mol. The van der Waals surface area contributed by atoms with E-state index in [-0.39, 0.29) is 18.8 Å². The number of carbonyl (C=O) groups excluding carboxylic acids is 2. The molecule has 3 rings (SSSR count). The number of methoxy groups -OCH3 is 1. The van der Waals surface area contributed by atoms with Crippen LogP contribution in [0.1, 0.15) is 16.7 Å². The number of hydrogen-bond donors (Lipinski definition) is 1. The molecule has 0 aromatic heterocycles. The molecule has 148 valence electrons. The molecule has 0 radical (unpaired) electrons. The molecule has 1 aliphatic rings. The number of ether oxygens (including phenoxy) is 2. The van der Waals surface area contributed by atoms with Gasteiger partial charge in [-0.1, -0.05) is 51.7 Å². The fourth-order valence-electron chi connectivity index (χ4n) is 2.80. The number of benzene rings is 2. The van der Waals surface area contributed by atoms with E-state index in [1.165, 1.54) is 12.0 Å². The number of nitrogens with zero attached hydrogens (tertiary/aromatic N) is 1. The number of imide groups is 1. The molecule has 6 nitrogen and oxygen atoms in total. The lowest BCUT2D eigenvalue weighted by Crippen LogP contribution is -2.30. The summed E-state index contributed by atoms with van der Waals surface area (Å²) >= 11 is 3.45. The van der Waals surface area contributed by atoms with Gasteiger partial charge in [-0.05, 0) is 36.3 Å². The van der Waals surface area contributed by atoms with Crippen LogP contribution in [0.3, 0.4) is 0 Å². The van der Waals surface area contributed by atoms with Crippen LogP contribution >= 0.6 is 15.9 Å². The van der Waals surface area contributed by atoms with E-state index in [0.717, 1.165) is 11.1 Å². The second kappa shape index (κ2) is 8.84. The number of terminal acetylenes is 1. The van der Waals surface area contributed by atoms with Gasteiger partial charge in [-0.2, -0.15) is 0 Å². The Kier molecular flexibility index (Phi) is 6.25. The van der Waals surface area contributed by atoms with Crippen LogP contribution in [0.5, 0.6) is 11.5 Å². The van der Waals surface area contributed by atoms with Crippen LogP contribution in [0.15, 0.2) is 46.6 Å². The minimum Gasteiger partial charge on any atom is -0.493 e. The Morgan fingerprint density at radius 3 is 2.59 bits per heavy atom. The van der Waals surface area contributed by atoms with Gasteiger partial charge in [-0.15, -0.1) is 6.42 Å². The van der Waals surface area contributed by atoms with Gasteiger partial charge in [0.2, 0.25) is 0 Å². The van der Waals surface area contributed by atoms with Crippen molar-refractivity contribution in [2.75, 3.05) is 13.7 Å². The summed E-state index contributed by atoms with van der Waals surface area (Å²) in [6.45, 7) is 2.28. The summed E-state index contributed by atoms with van der Waals surface area (Å²) in [5.74, 6) is 2.94. The molecule has 1 heterocycles. The fourth-order valence-corrected chi connectivity index (χ4v) is 3.24. The highest BCUT2D eigenvalue weighted by Crippen LogP contribution is 2.35. The normalized spacial score (nSPS) is 14.7. The molecule has 7 heteroatoms. The number of urea groups is 1. The zero-order valence-electron chi connectivity index (χ0n) is 16.0. The molecule has 0 aliphatic carbocycles. The Hall–Kier alpha value is -3.24. The van der Waals surface area contributed by atoms with Crippen molar-refractivity contribution in [2.45, 2.75) is 13.5 Å². The molecular formula is C22H19BrN2O4. The monoisotopic (exact) mass is 454 g/mol. The molecular weight excluding hydrogens is 436 g/mol. The van der Waals surface area contributed by atoms with Crippen molar-refractivity contribution in [3.8, 4) is 23.8 Å². The number of rotatable bonds is 6. The van der Waals surface area contributed by atoms with Gasteiger partial charge in [0.15, 0.2) is 11.5 Å². The molecule has 0 saturated carbocycles. The summed E-state index contributed by atoms with van der Waals surface area (Å²) in [7, 11) is 1.51. The minimum absolute atomic E-state index is 0.103.